The van der Waals surface area contributed by atoms with Gasteiger partial charge in [0, 0.05) is 18.4 Å². The molecule has 0 radical (unpaired) electrons. The molecule has 4 nitrogen and oxygen atoms in total. The summed E-state index contributed by atoms with van der Waals surface area (Å²) < 4.78 is 24.1. The van der Waals surface area contributed by atoms with E-state index in [1.165, 1.54) is 11.8 Å². The lowest BCUT2D eigenvalue weighted by atomic mass is 10.1. The van der Waals surface area contributed by atoms with Crippen molar-refractivity contribution in [3.8, 4) is 0 Å². The molecule has 1 atom stereocenters. The number of rotatable bonds is 7. The van der Waals surface area contributed by atoms with Crippen molar-refractivity contribution in [3.05, 3.63) is 32.3 Å². The van der Waals surface area contributed by atoms with Crippen molar-refractivity contribution in [2.45, 2.75) is 25.0 Å². The second kappa shape index (κ2) is 7.78. The normalized spacial score (nSPS) is 20.3. The van der Waals surface area contributed by atoms with Gasteiger partial charge in [0.1, 0.15) is 0 Å². The van der Waals surface area contributed by atoms with Crippen LogP contribution >= 0.6 is 23.1 Å². The average Bonchev–Trinajstić information content (AvgIpc) is 3.10. The Bertz CT molecular complexity index is 508. The highest BCUT2D eigenvalue weighted by Crippen LogP contribution is 2.39. The standard InChI is InChI=1S/C14H21NO3S3/c1-19-13(21(2)16)11(15)5-3-7-14(17-8-9-18-14)12-6-4-10-20-12/h4,6,10H,3,5,7-9,15H2,1-2H3/b13-11-. The zero-order chi connectivity index (χ0) is 15.3. The number of hydrogen-bond donors (Lipinski definition) is 1. The van der Waals surface area contributed by atoms with Gasteiger partial charge in [-0.15, -0.1) is 23.1 Å². The van der Waals surface area contributed by atoms with E-state index in [2.05, 4.69) is 0 Å². The molecule has 7 heteroatoms. The Morgan fingerprint density at radius 2 is 2.24 bits per heavy atom. The Kier molecular flexibility index (Phi) is 6.31. The fraction of sp³-hybridized carbons (Fsp3) is 0.571. The van der Waals surface area contributed by atoms with E-state index in [0.29, 0.717) is 25.3 Å². The number of thioether (sulfide) groups is 1. The number of ether oxygens (including phenoxy) is 2. The maximum atomic E-state index is 11.6. The van der Waals surface area contributed by atoms with Crippen LogP contribution in [0.5, 0.6) is 0 Å². The van der Waals surface area contributed by atoms with Crippen molar-refractivity contribution >= 4 is 33.9 Å². The fourth-order valence-electron chi connectivity index (χ4n) is 2.41. The highest BCUT2D eigenvalue weighted by molar-refractivity contribution is 8.15. The summed E-state index contributed by atoms with van der Waals surface area (Å²) in [6.45, 7) is 1.25. The van der Waals surface area contributed by atoms with E-state index in [4.69, 9.17) is 15.2 Å². The van der Waals surface area contributed by atoms with Crippen LogP contribution in [0.15, 0.2) is 27.4 Å². The molecule has 2 heterocycles. The van der Waals surface area contributed by atoms with Crippen LogP contribution in [0.4, 0.5) is 0 Å². The van der Waals surface area contributed by atoms with Gasteiger partial charge < -0.3 is 15.2 Å². The van der Waals surface area contributed by atoms with Crippen molar-refractivity contribution in [3.63, 3.8) is 0 Å². The van der Waals surface area contributed by atoms with Gasteiger partial charge in [-0.25, -0.2) is 0 Å². The van der Waals surface area contributed by atoms with Crippen LogP contribution in [0, 0.1) is 0 Å². The molecule has 2 N–H and O–H groups in total. The minimum absolute atomic E-state index is 0.612. The first kappa shape index (κ1) is 17.0. The molecule has 1 unspecified atom stereocenters. The molecule has 0 aromatic carbocycles. The molecule has 1 aromatic rings. The van der Waals surface area contributed by atoms with Gasteiger partial charge in [0.25, 0.3) is 0 Å². The van der Waals surface area contributed by atoms with Gasteiger partial charge >= 0.3 is 0 Å². The van der Waals surface area contributed by atoms with Gasteiger partial charge in [-0.2, -0.15) is 0 Å². The van der Waals surface area contributed by atoms with Crippen molar-refractivity contribution in [2.75, 3.05) is 25.7 Å². The highest BCUT2D eigenvalue weighted by atomic mass is 32.2. The van der Waals surface area contributed by atoms with E-state index in [9.17, 15) is 4.21 Å². The van der Waals surface area contributed by atoms with Gasteiger partial charge in [-0.1, -0.05) is 6.07 Å². The van der Waals surface area contributed by atoms with E-state index < -0.39 is 16.6 Å². The van der Waals surface area contributed by atoms with Crippen molar-refractivity contribution in [2.24, 2.45) is 5.73 Å². The van der Waals surface area contributed by atoms with Gasteiger partial charge in [0.15, 0.2) is 0 Å². The SMILES string of the molecule is CS/C(=C(/N)CCCC1(c2cccs2)OCCO1)S(C)=O. The molecule has 0 saturated carbocycles. The summed E-state index contributed by atoms with van der Waals surface area (Å²) in [5.74, 6) is -0.612. The third-order valence-corrected chi connectivity index (χ3v) is 6.93. The minimum atomic E-state index is -1.02. The van der Waals surface area contributed by atoms with Gasteiger partial charge in [-0.05, 0) is 30.5 Å². The van der Waals surface area contributed by atoms with E-state index in [1.807, 2.05) is 23.8 Å². The zero-order valence-electron chi connectivity index (χ0n) is 12.3. The third-order valence-electron chi connectivity index (χ3n) is 3.31. The van der Waals surface area contributed by atoms with Crippen LogP contribution in [0.2, 0.25) is 0 Å². The summed E-state index contributed by atoms with van der Waals surface area (Å²) in [6.07, 6.45) is 5.86. The maximum Gasteiger partial charge on any atom is 0.204 e. The van der Waals surface area contributed by atoms with Gasteiger partial charge in [0.05, 0.1) is 33.1 Å². The molecule has 118 valence electrons. The molecule has 1 aliphatic heterocycles. The van der Waals surface area contributed by atoms with E-state index >= 15 is 0 Å². The second-order valence-corrected chi connectivity index (χ2v) is 8.09. The van der Waals surface area contributed by atoms with E-state index in [1.54, 1.807) is 17.6 Å². The number of allylic oxidation sites excluding steroid dienone is 1. The number of hydrogen-bond acceptors (Lipinski definition) is 6. The maximum absolute atomic E-state index is 11.6. The minimum Gasteiger partial charge on any atom is -0.401 e. The van der Waals surface area contributed by atoms with Gasteiger partial charge in [-0.3, -0.25) is 4.21 Å². The molecule has 0 amide bonds. The first-order valence-corrected chi connectivity index (χ1v) is 10.4. The summed E-state index contributed by atoms with van der Waals surface area (Å²) in [6, 6.07) is 4.05. The Labute approximate surface area is 136 Å². The topological polar surface area (TPSA) is 61.6 Å². The molecule has 0 bridgehead atoms. The lowest BCUT2D eigenvalue weighted by molar-refractivity contribution is -0.168. The highest BCUT2D eigenvalue weighted by Gasteiger charge is 2.38. The predicted molar refractivity (Wildman–Crippen MR) is 90.5 cm³/mol. The molecular weight excluding hydrogens is 326 g/mol. The molecule has 0 aliphatic carbocycles. The first-order valence-electron chi connectivity index (χ1n) is 6.77. The average molecular weight is 348 g/mol. The van der Waals surface area contributed by atoms with Gasteiger partial charge in [0.2, 0.25) is 5.79 Å². The van der Waals surface area contributed by atoms with Crippen LogP contribution < -0.4 is 5.73 Å². The quantitative estimate of drug-likeness (QED) is 0.821. The van der Waals surface area contributed by atoms with Crippen molar-refractivity contribution < 1.29 is 13.7 Å². The largest absolute Gasteiger partial charge is 0.401 e. The summed E-state index contributed by atoms with van der Waals surface area (Å²) in [7, 11) is -1.02. The Morgan fingerprint density at radius 3 is 2.76 bits per heavy atom. The summed E-state index contributed by atoms with van der Waals surface area (Å²) in [5.41, 5.74) is 6.77. The first-order chi connectivity index (χ1) is 10.1. The fourth-order valence-corrected chi connectivity index (χ4v) is 5.04. The van der Waals surface area contributed by atoms with Crippen LogP contribution in [-0.2, 0) is 26.1 Å². The predicted octanol–water partition coefficient (Wildman–Crippen LogP) is 2.99. The Hall–Kier alpha value is -0.340. The van der Waals surface area contributed by atoms with Crippen LogP contribution in [-0.4, -0.2) is 29.9 Å². The smallest absolute Gasteiger partial charge is 0.204 e. The Balaban J connectivity index is 2.00. The zero-order valence-corrected chi connectivity index (χ0v) is 14.7. The lowest BCUT2D eigenvalue weighted by Gasteiger charge is -2.26. The van der Waals surface area contributed by atoms with Crippen LogP contribution in [0.3, 0.4) is 0 Å². The monoisotopic (exact) mass is 347 g/mol. The third kappa shape index (κ3) is 4.10. The summed E-state index contributed by atoms with van der Waals surface area (Å²) >= 11 is 3.11. The van der Waals surface area contributed by atoms with Crippen molar-refractivity contribution in [1.82, 2.24) is 0 Å². The summed E-state index contributed by atoms with van der Waals surface area (Å²) in [5, 5.41) is 2.03. The van der Waals surface area contributed by atoms with Crippen molar-refractivity contribution in [1.29, 1.82) is 0 Å². The number of nitrogens with two attached hydrogens (primary N) is 1. The molecular formula is C14H21NO3S3. The molecule has 2 rings (SSSR count). The van der Waals surface area contributed by atoms with E-state index in [0.717, 1.165) is 22.0 Å². The molecule has 1 saturated heterocycles. The number of thiophene rings is 1. The molecule has 21 heavy (non-hydrogen) atoms. The second-order valence-electron chi connectivity index (χ2n) is 4.75. The molecule has 1 fully saturated rings. The Morgan fingerprint density at radius 1 is 1.52 bits per heavy atom. The molecule has 1 aliphatic rings. The van der Waals surface area contributed by atoms with E-state index in [-0.39, 0.29) is 0 Å². The summed E-state index contributed by atoms with van der Waals surface area (Å²) in [4.78, 5) is 1.10. The van der Waals surface area contributed by atoms with Crippen LogP contribution in [0.25, 0.3) is 0 Å². The molecule has 1 aromatic heterocycles. The lowest BCUT2D eigenvalue weighted by Crippen LogP contribution is -2.26. The molecule has 0 spiro atoms. The van der Waals surface area contributed by atoms with Crippen LogP contribution in [0.1, 0.15) is 24.1 Å².